The van der Waals surface area contributed by atoms with Crippen LogP contribution in [-0.2, 0) is 0 Å². The quantitative estimate of drug-likeness (QED) is 0.843. The van der Waals surface area contributed by atoms with E-state index >= 15 is 0 Å². The highest BCUT2D eigenvalue weighted by Gasteiger charge is 2.15. The number of halogens is 3. The predicted molar refractivity (Wildman–Crippen MR) is 74.3 cm³/mol. The lowest BCUT2D eigenvalue weighted by molar-refractivity contribution is 0.545. The fraction of sp³-hybridized carbons (Fsp3) is 0.250. The van der Waals surface area contributed by atoms with Crippen LogP contribution in [0.2, 0.25) is 0 Å². The fourth-order valence-corrected chi connectivity index (χ4v) is 2.24. The summed E-state index contributed by atoms with van der Waals surface area (Å²) in [6.07, 6.45) is 0. The van der Waals surface area contributed by atoms with Crippen LogP contribution >= 0.6 is 0 Å². The van der Waals surface area contributed by atoms with E-state index in [1.54, 1.807) is 6.92 Å². The molecule has 1 nitrogen and oxygen atoms in total. The lowest BCUT2D eigenvalue weighted by atomic mass is 10.0. The maximum atomic E-state index is 13.6. The van der Waals surface area contributed by atoms with E-state index < -0.39 is 17.5 Å². The molecule has 0 saturated carbocycles. The van der Waals surface area contributed by atoms with Crippen molar-refractivity contribution in [3.05, 3.63) is 64.5 Å². The van der Waals surface area contributed by atoms with Gasteiger partial charge in [-0.05, 0) is 26.3 Å². The predicted octanol–water partition coefficient (Wildman–Crippen LogP) is 4.89. The SMILES string of the molecule is Cc1cc(C)cc(C(C)Nc2c(F)cc(F)cc2F)c1. The first-order valence-corrected chi connectivity index (χ1v) is 6.36. The van der Waals surface area contributed by atoms with Gasteiger partial charge in [-0.3, -0.25) is 0 Å². The van der Waals surface area contributed by atoms with Gasteiger partial charge in [0, 0.05) is 18.2 Å². The molecule has 2 aromatic rings. The van der Waals surface area contributed by atoms with E-state index in [-0.39, 0.29) is 11.7 Å². The number of benzene rings is 2. The third-order valence-corrected chi connectivity index (χ3v) is 3.11. The summed E-state index contributed by atoms with van der Waals surface area (Å²) in [5.74, 6) is -2.79. The normalized spacial score (nSPS) is 12.3. The van der Waals surface area contributed by atoms with Crippen LogP contribution in [-0.4, -0.2) is 0 Å². The highest BCUT2D eigenvalue weighted by molar-refractivity contribution is 5.48. The Labute approximate surface area is 116 Å². The highest BCUT2D eigenvalue weighted by Crippen LogP contribution is 2.26. The Morgan fingerprint density at radius 2 is 1.35 bits per heavy atom. The smallest absolute Gasteiger partial charge is 0.152 e. The first-order valence-electron chi connectivity index (χ1n) is 6.36. The second-order valence-electron chi connectivity index (χ2n) is 5.03. The zero-order valence-corrected chi connectivity index (χ0v) is 11.6. The molecule has 0 aliphatic rings. The summed E-state index contributed by atoms with van der Waals surface area (Å²) in [5.41, 5.74) is 2.77. The number of aryl methyl sites for hydroxylation is 2. The summed E-state index contributed by atoms with van der Waals surface area (Å²) >= 11 is 0. The van der Waals surface area contributed by atoms with Crippen LogP contribution in [0.25, 0.3) is 0 Å². The van der Waals surface area contributed by atoms with Crippen LogP contribution in [0.1, 0.15) is 29.7 Å². The Bertz CT molecular complexity index is 594. The molecular weight excluding hydrogens is 263 g/mol. The van der Waals surface area contributed by atoms with Crippen LogP contribution in [0, 0.1) is 31.3 Å². The topological polar surface area (TPSA) is 12.0 Å². The molecule has 0 bridgehead atoms. The fourth-order valence-electron chi connectivity index (χ4n) is 2.24. The van der Waals surface area contributed by atoms with Gasteiger partial charge in [0.2, 0.25) is 0 Å². The van der Waals surface area contributed by atoms with Crippen LogP contribution in [0.3, 0.4) is 0 Å². The zero-order valence-electron chi connectivity index (χ0n) is 11.6. The van der Waals surface area contributed by atoms with E-state index in [0.717, 1.165) is 16.7 Å². The van der Waals surface area contributed by atoms with Gasteiger partial charge in [0.25, 0.3) is 0 Å². The number of nitrogens with one attached hydrogen (secondary N) is 1. The first-order chi connectivity index (χ1) is 9.36. The van der Waals surface area contributed by atoms with Gasteiger partial charge in [-0.1, -0.05) is 29.3 Å². The molecule has 1 N–H and O–H groups in total. The van der Waals surface area contributed by atoms with Gasteiger partial charge in [0.15, 0.2) is 11.6 Å². The maximum absolute atomic E-state index is 13.6. The molecule has 0 aromatic heterocycles. The molecule has 0 radical (unpaired) electrons. The van der Waals surface area contributed by atoms with Gasteiger partial charge in [-0.25, -0.2) is 13.2 Å². The molecule has 4 heteroatoms. The minimum atomic E-state index is -0.932. The van der Waals surface area contributed by atoms with Crippen molar-refractivity contribution in [3.8, 4) is 0 Å². The third kappa shape index (κ3) is 3.13. The first kappa shape index (κ1) is 14.4. The van der Waals surface area contributed by atoms with Crippen molar-refractivity contribution in [3.63, 3.8) is 0 Å². The van der Waals surface area contributed by atoms with Crippen molar-refractivity contribution in [2.75, 3.05) is 5.32 Å². The Morgan fingerprint density at radius 1 is 0.850 bits per heavy atom. The van der Waals surface area contributed by atoms with E-state index in [2.05, 4.69) is 5.32 Å². The van der Waals surface area contributed by atoms with Gasteiger partial charge < -0.3 is 5.32 Å². The van der Waals surface area contributed by atoms with E-state index in [9.17, 15) is 13.2 Å². The summed E-state index contributed by atoms with van der Waals surface area (Å²) in [7, 11) is 0. The number of hydrogen-bond acceptors (Lipinski definition) is 1. The van der Waals surface area contributed by atoms with Gasteiger partial charge in [0.1, 0.15) is 11.5 Å². The highest BCUT2D eigenvalue weighted by atomic mass is 19.1. The van der Waals surface area contributed by atoms with Crippen LogP contribution < -0.4 is 5.32 Å². The molecule has 0 heterocycles. The van der Waals surface area contributed by atoms with Crippen molar-refractivity contribution < 1.29 is 13.2 Å². The van der Waals surface area contributed by atoms with Crippen molar-refractivity contribution in [2.24, 2.45) is 0 Å². The molecule has 0 amide bonds. The second-order valence-corrected chi connectivity index (χ2v) is 5.03. The molecule has 0 spiro atoms. The molecule has 2 rings (SSSR count). The summed E-state index contributed by atoms with van der Waals surface area (Å²) < 4.78 is 40.1. The monoisotopic (exact) mass is 279 g/mol. The molecule has 0 saturated heterocycles. The Hall–Kier alpha value is -1.97. The van der Waals surface area contributed by atoms with Gasteiger partial charge in [-0.2, -0.15) is 0 Å². The van der Waals surface area contributed by atoms with E-state index in [4.69, 9.17) is 0 Å². The molecule has 0 aliphatic heterocycles. The Balaban J connectivity index is 2.30. The Morgan fingerprint density at radius 3 is 1.85 bits per heavy atom. The molecule has 20 heavy (non-hydrogen) atoms. The molecule has 106 valence electrons. The minimum absolute atomic E-state index is 0.289. The van der Waals surface area contributed by atoms with E-state index in [1.807, 2.05) is 32.0 Å². The molecule has 2 aromatic carbocycles. The van der Waals surface area contributed by atoms with Gasteiger partial charge in [0.05, 0.1) is 0 Å². The average Bonchev–Trinajstić information content (AvgIpc) is 2.32. The van der Waals surface area contributed by atoms with Crippen molar-refractivity contribution in [1.29, 1.82) is 0 Å². The van der Waals surface area contributed by atoms with Crippen LogP contribution in [0.4, 0.5) is 18.9 Å². The molecule has 1 unspecified atom stereocenters. The lowest BCUT2D eigenvalue weighted by Crippen LogP contribution is -2.10. The second kappa shape index (κ2) is 5.57. The van der Waals surface area contributed by atoms with Gasteiger partial charge in [-0.15, -0.1) is 0 Å². The molecular formula is C16H16F3N. The van der Waals surface area contributed by atoms with Gasteiger partial charge >= 0.3 is 0 Å². The molecule has 0 aliphatic carbocycles. The van der Waals surface area contributed by atoms with Crippen LogP contribution in [0.15, 0.2) is 30.3 Å². The van der Waals surface area contributed by atoms with Crippen molar-refractivity contribution in [2.45, 2.75) is 26.8 Å². The van der Waals surface area contributed by atoms with Crippen LogP contribution in [0.5, 0.6) is 0 Å². The standard InChI is InChI=1S/C16H16F3N/c1-9-4-10(2)6-12(5-9)11(3)20-16-14(18)7-13(17)8-15(16)19/h4-8,11,20H,1-3H3. The van der Waals surface area contributed by atoms with Crippen molar-refractivity contribution in [1.82, 2.24) is 0 Å². The summed E-state index contributed by atoms with van der Waals surface area (Å²) in [6, 6.07) is 6.96. The summed E-state index contributed by atoms with van der Waals surface area (Å²) in [5, 5.41) is 2.76. The minimum Gasteiger partial charge on any atom is -0.374 e. The third-order valence-electron chi connectivity index (χ3n) is 3.11. The Kier molecular flexibility index (Phi) is 4.02. The summed E-state index contributed by atoms with van der Waals surface area (Å²) in [6.45, 7) is 5.72. The van der Waals surface area contributed by atoms with E-state index in [1.165, 1.54) is 0 Å². The van der Waals surface area contributed by atoms with E-state index in [0.29, 0.717) is 12.1 Å². The molecule has 0 fully saturated rings. The number of rotatable bonds is 3. The van der Waals surface area contributed by atoms with Crippen molar-refractivity contribution >= 4 is 5.69 Å². The largest absolute Gasteiger partial charge is 0.374 e. The number of anilines is 1. The summed E-state index contributed by atoms with van der Waals surface area (Å²) in [4.78, 5) is 0. The average molecular weight is 279 g/mol. The zero-order chi connectivity index (χ0) is 14.9. The number of hydrogen-bond donors (Lipinski definition) is 1. The maximum Gasteiger partial charge on any atom is 0.152 e. The molecule has 1 atom stereocenters. The lowest BCUT2D eigenvalue weighted by Gasteiger charge is -2.18.